The first kappa shape index (κ1) is 11.2. The van der Waals surface area contributed by atoms with Crippen LogP contribution in [0.1, 0.15) is 20.8 Å². The zero-order valence-electron chi connectivity index (χ0n) is 9.09. The van der Waals surface area contributed by atoms with Crippen LogP contribution in [0.2, 0.25) is 0 Å². The predicted molar refractivity (Wildman–Crippen MR) is 57.6 cm³/mol. The van der Waals surface area contributed by atoms with E-state index in [1.54, 1.807) is 4.90 Å². The topological polar surface area (TPSA) is 29.5 Å². The van der Waals surface area contributed by atoms with E-state index in [4.69, 9.17) is 4.74 Å². The van der Waals surface area contributed by atoms with Crippen LogP contribution in [0.4, 0.5) is 9.18 Å². The van der Waals surface area contributed by atoms with Gasteiger partial charge in [0.2, 0.25) is 0 Å². The number of fused-ring (bicyclic) bond motifs is 1. The molecule has 2 fully saturated rings. The standard InChI is InChI=1S/C10H15BrFNO2/c1-9(2,3)15-8(14)13-4-6-7(5-13)10(6,11)12/h6-7H,4-5H2,1-3H3. The van der Waals surface area contributed by atoms with E-state index in [-0.39, 0.29) is 17.9 Å². The highest BCUT2D eigenvalue weighted by Gasteiger charge is 2.69. The smallest absolute Gasteiger partial charge is 0.410 e. The predicted octanol–water partition coefficient (Wildman–Crippen LogP) is 2.54. The SMILES string of the molecule is CC(C)(C)OC(=O)N1CC2C(C1)C2(F)Br. The summed E-state index contributed by atoms with van der Waals surface area (Å²) in [5, 5.41) is 0. The fourth-order valence-electron chi connectivity index (χ4n) is 1.98. The second kappa shape index (κ2) is 3.09. The van der Waals surface area contributed by atoms with Crippen molar-refractivity contribution in [1.82, 2.24) is 4.90 Å². The van der Waals surface area contributed by atoms with Crippen molar-refractivity contribution in [3.8, 4) is 0 Å². The van der Waals surface area contributed by atoms with Crippen molar-refractivity contribution >= 4 is 22.0 Å². The molecule has 0 bridgehead atoms. The van der Waals surface area contributed by atoms with Gasteiger partial charge < -0.3 is 9.64 Å². The zero-order chi connectivity index (χ0) is 11.4. The first-order valence-electron chi connectivity index (χ1n) is 5.07. The van der Waals surface area contributed by atoms with Gasteiger partial charge in [-0.2, -0.15) is 0 Å². The van der Waals surface area contributed by atoms with Crippen molar-refractivity contribution in [2.24, 2.45) is 11.8 Å². The third-order valence-electron chi connectivity index (χ3n) is 2.85. The first-order chi connectivity index (χ1) is 6.72. The molecule has 0 spiro atoms. The second-order valence-electron chi connectivity index (χ2n) is 5.27. The number of rotatable bonds is 0. The van der Waals surface area contributed by atoms with Gasteiger partial charge in [0.15, 0.2) is 4.58 Å². The number of nitrogens with zero attached hydrogens (tertiary/aromatic N) is 1. The summed E-state index contributed by atoms with van der Waals surface area (Å²) in [7, 11) is 0. The number of amides is 1. The van der Waals surface area contributed by atoms with Crippen LogP contribution in [0.25, 0.3) is 0 Å². The van der Waals surface area contributed by atoms with Gasteiger partial charge in [0.1, 0.15) is 5.60 Å². The summed E-state index contributed by atoms with van der Waals surface area (Å²) >= 11 is 3.02. The molecule has 2 unspecified atom stereocenters. The summed E-state index contributed by atoms with van der Waals surface area (Å²) < 4.78 is 17.4. The van der Waals surface area contributed by atoms with E-state index in [0.717, 1.165) is 0 Å². The molecule has 2 aliphatic rings. The highest BCUT2D eigenvalue weighted by atomic mass is 79.9. The van der Waals surface area contributed by atoms with E-state index >= 15 is 0 Å². The van der Waals surface area contributed by atoms with Crippen molar-refractivity contribution < 1.29 is 13.9 Å². The molecule has 2 atom stereocenters. The second-order valence-corrected chi connectivity index (χ2v) is 6.49. The molecule has 1 amide bonds. The average molecular weight is 280 g/mol. The third-order valence-corrected chi connectivity index (χ3v) is 4.03. The molecular weight excluding hydrogens is 265 g/mol. The van der Waals surface area contributed by atoms with Crippen LogP contribution < -0.4 is 0 Å². The molecule has 5 heteroatoms. The maximum atomic E-state index is 13.4. The summed E-state index contributed by atoms with van der Waals surface area (Å²) in [5.41, 5.74) is -0.481. The normalized spacial score (nSPS) is 38.9. The Hall–Kier alpha value is -0.320. The van der Waals surface area contributed by atoms with Crippen molar-refractivity contribution in [3.05, 3.63) is 0 Å². The molecule has 0 aromatic rings. The lowest BCUT2D eigenvalue weighted by Crippen LogP contribution is -2.38. The van der Waals surface area contributed by atoms with Crippen molar-refractivity contribution in [2.75, 3.05) is 13.1 Å². The van der Waals surface area contributed by atoms with Gasteiger partial charge >= 0.3 is 6.09 Å². The number of likely N-dealkylation sites (tertiary alicyclic amines) is 1. The Balaban J connectivity index is 1.87. The minimum absolute atomic E-state index is 0.0509. The molecule has 0 aromatic heterocycles. The minimum atomic E-state index is -1.23. The van der Waals surface area contributed by atoms with Crippen LogP contribution in [-0.2, 0) is 4.74 Å². The molecule has 1 aliphatic carbocycles. The number of hydrogen-bond donors (Lipinski definition) is 0. The number of piperidine rings is 1. The first-order valence-corrected chi connectivity index (χ1v) is 5.87. The summed E-state index contributed by atoms with van der Waals surface area (Å²) in [5.74, 6) is -0.102. The van der Waals surface area contributed by atoms with Gasteiger partial charge in [0, 0.05) is 24.9 Å². The zero-order valence-corrected chi connectivity index (χ0v) is 10.7. The summed E-state index contributed by atoms with van der Waals surface area (Å²) in [6.07, 6.45) is -0.335. The molecule has 1 heterocycles. The van der Waals surface area contributed by atoms with E-state index in [9.17, 15) is 9.18 Å². The van der Waals surface area contributed by atoms with Gasteiger partial charge in [-0.25, -0.2) is 9.18 Å². The maximum absolute atomic E-state index is 13.4. The van der Waals surface area contributed by atoms with E-state index < -0.39 is 10.2 Å². The molecule has 0 N–H and O–H groups in total. The van der Waals surface area contributed by atoms with Gasteiger partial charge in [-0.15, -0.1) is 0 Å². The highest BCUT2D eigenvalue weighted by molar-refractivity contribution is 9.10. The molecule has 0 aromatic carbocycles. The van der Waals surface area contributed by atoms with E-state index in [0.29, 0.717) is 13.1 Å². The third kappa shape index (κ3) is 1.98. The van der Waals surface area contributed by atoms with E-state index in [2.05, 4.69) is 15.9 Å². The molecule has 3 nitrogen and oxygen atoms in total. The van der Waals surface area contributed by atoms with Gasteiger partial charge in [0.05, 0.1) is 0 Å². The number of carbonyl (C=O) groups is 1. The van der Waals surface area contributed by atoms with E-state index in [1.807, 2.05) is 20.8 Å². The van der Waals surface area contributed by atoms with Crippen LogP contribution in [0.5, 0.6) is 0 Å². The molecule has 0 radical (unpaired) electrons. The largest absolute Gasteiger partial charge is 0.444 e. The molecular formula is C10H15BrFNO2. The fourth-order valence-corrected chi connectivity index (χ4v) is 2.78. The monoisotopic (exact) mass is 279 g/mol. The lowest BCUT2D eigenvalue weighted by molar-refractivity contribution is 0.0258. The quantitative estimate of drug-likeness (QED) is 0.638. The van der Waals surface area contributed by atoms with Crippen LogP contribution in [0, 0.1) is 11.8 Å². The molecule has 1 aliphatic heterocycles. The van der Waals surface area contributed by atoms with Gasteiger partial charge in [0.25, 0.3) is 0 Å². The number of ether oxygens (including phenoxy) is 1. The lowest BCUT2D eigenvalue weighted by Gasteiger charge is -2.26. The lowest BCUT2D eigenvalue weighted by atomic mass is 10.2. The van der Waals surface area contributed by atoms with Crippen LogP contribution >= 0.6 is 15.9 Å². The Morgan fingerprint density at radius 1 is 1.47 bits per heavy atom. The Kier molecular flexibility index (Phi) is 2.30. The molecule has 15 heavy (non-hydrogen) atoms. The maximum Gasteiger partial charge on any atom is 0.410 e. The van der Waals surface area contributed by atoms with Crippen molar-refractivity contribution in [1.29, 1.82) is 0 Å². The summed E-state index contributed by atoms with van der Waals surface area (Å²) in [6, 6.07) is 0. The Morgan fingerprint density at radius 2 is 1.93 bits per heavy atom. The van der Waals surface area contributed by atoms with Gasteiger partial charge in [-0.3, -0.25) is 0 Å². The van der Waals surface area contributed by atoms with Crippen molar-refractivity contribution in [2.45, 2.75) is 31.0 Å². The fraction of sp³-hybridized carbons (Fsp3) is 0.900. The number of halogens is 2. The molecule has 1 saturated carbocycles. The number of hydrogen-bond acceptors (Lipinski definition) is 2. The van der Waals surface area contributed by atoms with Crippen molar-refractivity contribution in [3.63, 3.8) is 0 Å². The van der Waals surface area contributed by atoms with Crippen LogP contribution in [-0.4, -0.2) is 34.3 Å². The number of carbonyl (C=O) groups excluding carboxylic acids is 1. The van der Waals surface area contributed by atoms with Gasteiger partial charge in [-0.05, 0) is 36.7 Å². The summed E-state index contributed by atoms with van der Waals surface area (Å²) in [4.78, 5) is 13.2. The molecule has 1 saturated heterocycles. The molecule has 86 valence electrons. The Labute approximate surface area is 97.1 Å². The van der Waals surface area contributed by atoms with E-state index in [1.165, 1.54) is 0 Å². The minimum Gasteiger partial charge on any atom is -0.444 e. The Bertz CT molecular complexity index is 286. The van der Waals surface area contributed by atoms with Crippen LogP contribution in [0.3, 0.4) is 0 Å². The molecule has 2 rings (SSSR count). The number of alkyl halides is 2. The van der Waals surface area contributed by atoms with Crippen LogP contribution in [0.15, 0.2) is 0 Å². The summed E-state index contributed by atoms with van der Waals surface area (Å²) in [6.45, 7) is 6.39. The average Bonchev–Trinajstić information content (AvgIpc) is 2.47. The van der Waals surface area contributed by atoms with Gasteiger partial charge in [-0.1, -0.05) is 0 Å². The highest BCUT2D eigenvalue weighted by Crippen LogP contribution is 2.62. The Morgan fingerprint density at radius 3 is 2.33 bits per heavy atom.